The first-order chi connectivity index (χ1) is 5.01. The van der Waals surface area contributed by atoms with Crippen molar-refractivity contribution in [2.45, 2.75) is 52.5 Å². The van der Waals surface area contributed by atoms with E-state index in [1.165, 1.54) is 25.7 Å². The van der Waals surface area contributed by atoms with E-state index in [1.54, 1.807) is 0 Å². The molecular formula is C10H21N. The molecule has 0 amide bonds. The van der Waals surface area contributed by atoms with Crippen LogP contribution >= 0.6 is 0 Å². The highest BCUT2D eigenvalue weighted by molar-refractivity contribution is 4.81. The molecule has 1 atom stereocenters. The zero-order valence-electron chi connectivity index (χ0n) is 8.06. The molecule has 0 radical (unpaired) electrons. The molecule has 1 fully saturated rings. The number of hydrogen-bond donors (Lipinski definition) is 1. The summed E-state index contributed by atoms with van der Waals surface area (Å²) in [6, 6.07) is 0.408. The predicted molar refractivity (Wildman–Crippen MR) is 49.4 cm³/mol. The molecule has 0 aromatic heterocycles. The summed E-state index contributed by atoms with van der Waals surface area (Å²) in [6.07, 6.45) is 5.40. The van der Waals surface area contributed by atoms with Gasteiger partial charge in [0.25, 0.3) is 0 Å². The van der Waals surface area contributed by atoms with E-state index >= 15 is 0 Å². The van der Waals surface area contributed by atoms with Crippen LogP contribution in [0.1, 0.15) is 46.5 Å². The largest absolute Gasteiger partial charge is 0.328 e. The molecule has 2 N–H and O–H groups in total. The van der Waals surface area contributed by atoms with E-state index in [0.717, 1.165) is 5.92 Å². The summed E-state index contributed by atoms with van der Waals surface area (Å²) in [5.74, 6) is 0.794. The highest BCUT2D eigenvalue weighted by Crippen LogP contribution is 2.38. The Labute approximate surface area is 70.4 Å². The van der Waals surface area contributed by atoms with Crippen molar-refractivity contribution in [3.8, 4) is 0 Å². The minimum atomic E-state index is 0.408. The fraction of sp³-hybridized carbons (Fsp3) is 1.00. The molecule has 1 aliphatic carbocycles. The van der Waals surface area contributed by atoms with Gasteiger partial charge in [-0.15, -0.1) is 0 Å². The van der Waals surface area contributed by atoms with E-state index in [2.05, 4.69) is 20.8 Å². The van der Waals surface area contributed by atoms with E-state index in [1.807, 2.05) is 0 Å². The van der Waals surface area contributed by atoms with Crippen molar-refractivity contribution in [2.24, 2.45) is 17.1 Å². The number of rotatable bonds is 1. The van der Waals surface area contributed by atoms with Gasteiger partial charge in [0.05, 0.1) is 0 Å². The Balaban J connectivity index is 2.36. The lowest BCUT2D eigenvalue weighted by Crippen LogP contribution is -2.32. The molecule has 1 rings (SSSR count). The Morgan fingerprint density at radius 3 is 2.09 bits per heavy atom. The molecule has 1 aliphatic rings. The van der Waals surface area contributed by atoms with Gasteiger partial charge in [0.2, 0.25) is 0 Å². The third kappa shape index (κ3) is 2.48. The van der Waals surface area contributed by atoms with Gasteiger partial charge in [-0.1, -0.05) is 13.8 Å². The summed E-state index contributed by atoms with van der Waals surface area (Å²) < 4.78 is 0. The zero-order valence-corrected chi connectivity index (χ0v) is 8.06. The van der Waals surface area contributed by atoms with Crippen LogP contribution < -0.4 is 5.73 Å². The minimum absolute atomic E-state index is 0.408. The van der Waals surface area contributed by atoms with Gasteiger partial charge in [-0.25, -0.2) is 0 Å². The van der Waals surface area contributed by atoms with Crippen molar-refractivity contribution in [1.29, 1.82) is 0 Å². The van der Waals surface area contributed by atoms with Crippen LogP contribution in [0.4, 0.5) is 0 Å². The Bertz CT molecular complexity index is 117. The summed E-state index contributed by atoms with van der Waals surface area (Å²) in [5.41, 5.74) is 6.44. The molecule has 0 aliphatic heterocycles. The van der Waals surface area contributed by atoms with Crippen LogP contribution in [0.15, 0.2) is 0 Å². The Kier molecular flexibility index (Phi) is 2.58. The molecular weight excluding hydrogens is 134 g/mol. The van der Waals surface area contributed by atoms with Crippen LogP contribution in [-0.2, 0) is 0 Å². The van der Waals surface area contributed by atoms with Gasteiger partial charge in [-0.3, -0.25) is 0 Å². The van der Waals surface area contributed by atoms with Gasteiger partial charge in [-0.05, 0) is 43.9 Å². The molecule has 0 heterocycles. The van der Waals surface area contributed by atoms with Gasteiger partial charge < -0.3 is 5.73 Å². The summed E-state index contributed by atoms with van der Waals surface area (Å²) in [4.78, 5) is 0. The molecule has 0 unspecified atom stereocenters. The van der Waals surface area contributed by atoms with Crippen LogP contribution in [0.5, 0.6) is 0 Å². The molecule has 0 bridgehead atoms. The standard InChI is InChI=1S/C10H21N/c1-8(11)9-4-6-10(2,3)7-5-9/h8-9H,4-7,11H2,1-3H3/t8-/m0/s1. The molecule has 0 spiro atoms. The monoisotopic (exact) mass is 155 g/mol. The Morgan fingerprint density at radius 2 is 1.73 bits per heavy atom. The van der Waals surface area contributed by atoms with Gasteiger partial charge >= 0.3 is 0 Å². The highest BCUT2D eigenvalue weighted by Gasteiger charge is 2.28. The molecule has 1 nitrogen and oxygen atoms in total. The molecule has 66 valence electrons. The summed E-state index contributed by atoms with van der Waals surface area (Å²) in [6.45, 7) is 6.87. The summed E-state index contributed by atoms with van der Waals surface area (Å²) >= 11 is 0. The van der Waals surface area contributed by atoms with Crippen LogP contribution in [0, 0.1) is 11.3 Å². The Morgan fingerprint density at radius 1 is 1.27 bits per heavy atom. The topological polar surface area (TPSA) is 26.0 Å². The lowest BCUT2D eigenvalue weighted by Gasteiger charge is -2.35. The maximum atomic E-state index is 5.86. The average Bonchev–Trinajstić information content (AvgIpc) is 1.86. The second-order valence-electron chi connectivity index (χ2n) is 4.86. The highest BCUT2D eigenvalue weighted by atomic mass is 14.6. The van der Waals surface area contributed by atoms with Crippen LogP contribution in [0.2, 0.25) is 0 Å². The summed E-state index contributed by atoms with van der Waals surface area (Å²) in [5, 5.41) is 0. The fourth-order valence-corrected chi connectivity index (χ4v) is 1.95. The molecule has 0 saturated heterocycles. The quantitative estimate of drug-likeness (QED) is 0.618. The molecule has 1 heteroatoms. The van der Waals surface area contributed by atoms with Crippen molar-refractivity contribution in [3.63, 3.8) is 0 Å². The lowest BCUT2D eigenvalue weighted by atomic mass is 9.71. The van der Waals surface area contributed by atoms with Crippen molar-refractivity contribution in [1.82, 2.24) is 0 Å². The lowest BCUT2D eigenvalue weighted by molar-refractivity contribution is 0.177. The van der Waals surface area contributed by atoms with Gasteiger partial charge in [-0.2, -0.15) is 0 Å². The van der Waals surface area contributed by atoms with Crippen LogP contribution in [0.25, 0.3) is 0 Å². The first-order valence-corrected chi connectivity index (χ1v) is 4.77. The van der Waals surface area contributed by atoms with Crippen LogP contribution in [0.3, 0.4) is 0 Å². The van der Waals surface area contributed by atoms with Crippen molar-refractivity contribution < 1.29 is 0 Å². The normalized spacial score (nSPS) is 28.4. The SMILES string of the molecule is C[C@H](N)C1CCC(C)(C)CC1. The molecule has 0 aromatic carbocycles. The Hall–Kier alpha value is -0.0400. The third-order valence-corrected chi connectivity index (χ3v) is 3.13. The second kappa shape index (κ2) is 3.14. The summed E-state index contributed by atoms with van der Waals surface area (Å²) in [7, 11) is 0. The van der Waals surface area contributed by atoms with Gasteiger partial charge in [0.15, 0.2) is 0 Å². The van der Waals surface area contributed by atoms with Gasteiger partial charge in [0, 0.05) is 6.04 Å². The predicted octanol–water partition coefficient (Wildman–Crippen LogP) is 2.55. The van der Waals surface area contributed by atoms with E-state index < -0.39 is 0 Å². The molecule has 1 saturated carbocycles. The van der Waals surface area contributed by atoms with E-state index in [-0.39, 0.29) is 0 Å². The molecule has 11 heavy (non-hydrogen) atoms. The smallest absolute Gasteiger partial charge is 0.00387 e. The second-order valence-corrected chi connectivity index (χ2v) is 4.86. The minimum Gasteiger partial charge on any atom is -0.328 e. The molecule has 0 aromatic rings. The number of hydrogen-bond acceptors (Lipinski definition) is 1. The van der Waals surface area contributed by atoms with Crippen LogP contribution in [-0.4, -0.2) is 6.04 Å². The third-order valence-electron chi connectivity index (χ3n) is 3.13. The zero-order chi connectivity index (χ0) is 8.48. The van der Waals surface area contributed by atoms with Crippen molar-refractivity contribution in [2.75, 3.05) is 0 Å². The maximum absolute atomic E-state index is 5.86. The van der Waals surface area contributed by atoms with E-state index in [0.29, 0.717) is 11.5 Å². The van der Waals surface area contributed by atoms with Gasteiger partial charge in [0.1, 0.15) is 0 Å². The first-order valence-electron chi connectivity index (χ1n) is 4.77. The number of nitrogens with two attached hydrogens (primary N) is 1. The first kappa shape index (κ1) is 9.05. The van der Waals surface area contributed by atoms with E-state index in [4.69, 9.17) is 5.73 Å². The average molecular weight is 155 g/mol. The fourth-order valence-electron chi connectivity index (χ4n) is 1.95. The van der Waals surface area contributed by atoms with E-state index in [9.17, 15) is 0 Å². The van der Waals surface area contributed by atoms with Crippen molar-refractivity contribution >= 4 is 0 Å². The maximum Gasteiger partial charge on any atom is 0.00387 e. The van der Waals surface area contributed by atoms with Crippen molar-refractivity contribution in [3.05, 3.63) is 0 Å².